The zero-order valence-electron chi connectivity index (χ0n) is 13.6. The van der Waals surface area contributed by atoms with Crippen molar-refractivity contribution in [3.05, 3.63) is 70.3 Å². The Kier molecular flexibility index (Phi) is 4.22. The Morgan fingerprint density at radius 2 is 1.61 bits per heavy atom. The van der Waals surface area contributed by atoms with Crippen molar-refractivity contribution >= 4 is 11.6 Å². The van der Waals surface area contributed by atoms with Crippen LogP contribution in [-0.4, -0.2) is 4.87 Å². The van der Waals surface area contributed by atoms with Gasteiger partial charge in [-0.15, -0.1) is 11.6 Å². The molecule has 3 unspecified atom stereocenters. The fraction of sp³-hybridized carbons (Fsp3) is 0.400. The quantitative estimate of drug-likeness (QED) is 0.569. The molecule has 0 radical (unpaired) electrons. The predicted octanol–water partition coefficient (Wildman–Crippen LogP) is 6.37. The van der Waals surface area contributed by atoms with Crippen molar-refractivity contribution in [1.29, 1.82) is 0 Å². The summed E-state index contributed by atoms with van der Waals surface area (Å²) in [7, 11) is 0. The van der Waals surface area contributed by atoms with E-state index in [1.54, 1.807) is 13.0 Å². The molecule has 23 heavy (non-hydrogen) atoms. The van der Waals surface area contributed by atoms with Crippen LogP contribution in [0.4, 0.5) is 8.78 Å². The molecule has 2 aromatic carbocycles. The molecule has 3 atom stereocenters. The van der Waals surface area contributed by atoms with Crippen LogP contribution in [0, 0.1) is 6.92 Å². The highest BCUT2D eigenvalue weighted by molar-refractivity contribution is 6.27. The van der Waals surface area contributed by atoms with Gasteiger partial charge in [0.1, 0.15) is 0 Å². The summed E-state index contributed by atoms with van der Waals surface area (Å²) < 4.78 is 25.8. The maximum atomic E-state index is 12.9. The Bertz CT molecular complexity index is 704. The fourth-order valence-electron chi connectivity index (χ4n) is 3.62. The minimum atomic E-state index is -2.43. The fourth-order valence-corrected chi connectivity index (χ4v) is 4.06. The van der Waals surface area contributed by atoms with Gasteiger partial charge < -0.3 is 0 Å². The molecule has 2 aromatic rings. The van der Waals surface area contributed by atoms with Crippen LogP contribution in [0.1, 0.15) is 59.9 Å². The summed E-state index contributed by atoms with van der Waals surface area (Å²) in [6.45, 7) is 5.91. The van der Waals surface area contributed by atoms with E-state index in [0.29, 0.717) is 5.56 Å². The number of halogens is 3. The lowest BCUT2D eigenvalue weighted by molar-refractivity contribution is 0.150. The second kappa shape index (κ2) is 5.90. The molecule has 1 saturated carbocycles. The summed E-state index contributed by atoms with van der Waals surface area (Å²) in [5.41, 5.74) is 4.32. The van der Waals surface area contributed by atoms with Crippen molar-refractivity contribution in [3.8, 4) is 0 Å². The van der Waals surface area contributed by atoms with Gasteiger partial charge in [-0.2, -0.15) is 0 Å². The van der Waals surface area contributed by atoms with Gasteiger partial charge in [0.05, 0.1) is 4.87 Å². The van der Waals surface area contributed by atoms with Crippen LogP contribution in [0.25, 0.3) is 0 Å². The summed E-state index contributed by atoms with van der Waals surface area (Å²) in [6.07, 6.45) is -1.41. The third-order valence-corrected chi connectivity index (χ3v) is 5.55. The summed E-state index contributed by atoms with van der Waals surface area (Å²) in [5, 5.41) is 0. The molecule has 3 rings (SSSR count). The van der Waals surface area contributed by atoms with E-state index in [0.717, 1.165) is 12.0 Å². The molecule has 3 heteroatoms. The zero-order chi connectivity index (χ0) is 16.8. The van der Waals surface area contributed by atoms with Gasteiger partial charge in [-0.05, 0) is 42.5 Å². The molecular weight excluding hydrogens is 314 g/mol. The topological polar surface area (TPSA) is 0 Å². The van der Waals surface area contributed by atoms with Crippen LogP contribution in [0.5, 0.6) is 0 Å². The second-order valence-electron chi connectivity index (χ2n) is 6.62. The first-order chi connectivity index (χ1) is 10.9. The van der Waals surface area contributed by atoms with Gasteiger partial charge >= 0.3 is 0 Å². The number of hydrogen-bond acceptors (Lipinski definition) is 0. The Hall–Kier alpha value is -1.41. The molecule has 0 saturated heterocycles. The van der Waals surface area contributed by atoms with Gasteiger partial charge in [0.15, 0.2) is 0 Å². The maximum absolute atomic E-state index is 12.9. The average Bonchev–Trinajstić information content (AvgIpc) is 3.09. The number of hydrogen-bond donors (Lipinski definition) is 0. The van der Waals surface area contributed by atoms with Gasteiger partial charge in [-0.1, -0.05) is 49.4 Å². The van der Waals surface area contributed by atoms with Gasteiger partial charge in [0, 0.05) is 17.4 Å². The summed E-state index contributed by atoms with van der Waals surface area (Å²) in [5.74, 6) is 0.397. The highest BCUT2D eigenvalue weighted by Crippen LogP contribution is 2.67. The van der Waals surface area contributed by atoms with Crippen molar-refractivity contribution in [2.45, 2.75) is 50.3 Å². The number of rotatable bonds is 4. The smallest absolute Gasteiger partial charge is 0.205 e. The third-order valence-electron chi connectivity index (χ3n) is 5.08. The van der Waals surface area contributed by atoms with Crippen molar-refractivity contribution in [3.63, 3.8) is 0 Å². The molecule has 0 heterocycles. The normalized spacial score (nSPS) is 26.6. The molecule has 0 spiro atoms. The van der Waals surface area contributed by atoms with Crippen LogP contribution in [-0.2, 0) is 6.42 Å². The van der Waals surface area contributed by atoms with Gasteiger partial charge in [-0.25, -0.2) is 8.78 Å². The van der Waals surface area contributed by atoms with E-state index in [9.17, 15) is 8.78 Å². The molecule has 0 nitrogen and oxygen atoms in total. The lowest BCUT2D eigenvalue weighted by Gasteiger charge is -2.08. The zero-order valence-corrected chi connectivity index (χ0v) is 14.4. The Labute approximate surface area is 141 Å². The molecule has 122 valence electrons. The number of alkyl halides is 3. The summed E-state index contributed by atoms with van der Waals surface area (Å²) in [6, 6.07) is 13.8. The first-order valence-electron chi connectivity index (χ1n) is 8.02. The molecular formula is C20H21ClF2. The van der Waals surface area contributed by atoms with Crippen LogP contribution in [0.15, 0.2) is 42.5 Å². The minimum Gasteiger partial charge on any atom is -0.205 e. The minimum absolute atomic E-state index is 0.106. The van der Waals surface area contributed by atoms with Gasteiger partial charge in [0.25, 0.3) is 6.43 Å². The first-order valence-corrected chi connectivity index (χ1v) is 8.40. The molecule has 1 aliphatic carbocycles. The largest absolute Gasteiger partial charge is 0.264 e. The van der Waals surface area contributed by atoms with E-state index in [2.05, 4.69) is 31.2 Å². The maximum Gasteiger partial charge on any atom is 0.264 e. The predicted molar refractivity (Wildman–Crippen MR) is 91.7 cm³/mol. The van der Waals surface area contributed by atoms with Crippen molar-refractivity contribution in [2.75, 3.05) is 0 Å². The van der Waals surface area contributed by atoms with Gasteiger partial charge in [-0.3, -0.25) is 0 Å². The lowest BCUT2D eigenvalue weighted by Crippen LogP contribution is -1.96. The SMILES string of the molecule is CCc1ccc(C2C(c3ccc(C(F)F)c(C)c3)C2(C)Cl)cc1. The Morgan fingerprint density at radius 1 is 1.04 bits per heavy atom. The van der Waals surface area contributed by atoms with E-state index in [-0.39, 0.29) is 22.3 Å². The molecule has 1 fully saturated rings. The van der Waals surface area contributed by atoms with Crippen LogP contribution in [0.2, 0.25) is 0 Å². The van der Waals surface area contributed by atoms with Crippen LogP contribution >= 0.6 is 11.6 Å². The molecule has 0 aromatic heterocycles. The standard InChI is InChI=1S/C20H21ClF2/c1-4-13-5-7-14(8-6-13)17-18(20(17,3)21)15-9-10-16(19(22)23)12(2)11-15/h5-11,17-19H,4H2,1-3H3. The molecule has 0 N–H and O–H groups in total. The van der Waals surface area contributed by atoms with E-state index in [1.165, 1.54) is 17.2 Å². The van der Waals surface area contributed by atoms with Crippen molar-refractivity contribution < 1.29 is 8.78 Å². The summed E-state index contributed by atoms with van der Waals surface area (Å²) >= 11 is 6.72. The van der Waals surface area contributed by atoms with Crippen molar-refractivity contribution in [1.82, 2.24) is 0 Å². The average molecular weight is 335 g/mol. The highest BCUT2D eigenvalue weighted by Gasteiger charge is 2.61. The Balaban J connectivity index is 1.89. The summed E-state index contributed by atoms with van der Waals surface area (Å²) in [4.78, 5) is -0.355. The second-order valence-corrected chi connectivity index (χ2v) is 7.43. The first kappa shape index (κ1) is 16.4. The lowest BCUT2D eigenvalue weighted by atomic mass is 9.99. The Morgan fingerprint density at radius 3 is 2.13 bits per heavy atom. The monoisotopic (exact) mass is 334 g/mol. The molecule has 0 bridgehead atoms. The van der Waals surface area contributed by atoms with E-state index in [4.69, 9.17) is 11.6 Å². The van der Waals surface area contributed by atoms with E-state index < -0.39 is 6.43 Å². The highest BCUT2D eigenvalue weighted by atomic mass is 35.5. The molecule has 0 aliphatic heterocycles. The number of benzene rings is 2. The molecule has 0 amide bonds. The van der Waals surface area contributed by atoms with E-state index in [1.807, 2.05) is 13.0 Å². The van der Waals surface area contributed by atoms with Crippen LogP contribution in [0.3, 0.4) is 0 Å². The molecule has 1 aliphatic rings. The van der Waals surface area contributed by atoms with Crippen LogP contribution < -0.4 is 0 Å². The third kappa shape index (κ3) is 2.89. The van der Waals surface area contributed by atoms with Gasteiger partial charge in [0.2, 0.25) is 0 Å². The van der Waals surface area contributed by atoms with E-state index >= 15 is 0 Å². The van der Waals surface area contributed by atoms with Crippen molar-refractivity contribution in [2.24, 2.45) is 0 Å². The number of aryl methyl sites for hydroxylation is 2.